The number of rotatable bonds is 3. The first-order valence-corrected chi connectivity index (χ1v) is 9.64. The van der Waals surface area contributed by atoms with Crippen molar-refractivity contribution in [3.05, 3.63) is 59.2 Å². The highest BCUT2D eigenvalue weighted by Crippen LogP contribution is 2.32. The number of β-amino-alcohol motifs (C(OH)–C–C–N with tert-alkyl or cyclic N) is 2. The van der Waals surface area contributed by atoms with Crippen LogP contribution in [-0.4, -0.2) is 56.2 Å². The highest BCUT2D eigenvalue weighted by atomic mass is 19.1. The maximum absolute atomic E-state index is 14.6. The van der Waals surface area contributed by atoms with Crippen LogP contribution in [0.2, 0.25) is 0 Å². The Bertz CT molecular complexity index is 1240. The Hall–Kier alpha value is -3.81. The highest BCUT2D eigenvalue weighted by molar-refractivity contribution is 6.01. The lowest BCUT2D eigenvalue weighted by molar-refractivity contribution is 0.0572. The number of nitrogens with zero attached hydrogens (tertiary/aromatic N) is 5. The number of hydrogen-bond acceptors (Lipinski definition) is 7. The number of carbonyl (C=O) groups excluding carboxylic acids is 1. The van der Waals surface area contributed by atoms with Gasteiger partial charge in [-0.15, -0.1) is 0 Å². The van der Waals surface area contributed by atoms with E-state index in [4.69, 9.17) is 0 Å². The first-order chi connectivity index (χ1) is 15.0. The van der Waals surface area contributed by atoms with E-state index in [1.54, 1.807) is 17.2 Å². The summed E-state index contributed by atoms with van der Waals surface area (Å²) in [6.45, 7) is 0.655. The molecule has 0 unspecified atom stereocenters. The van der Waals surface area contributed by atoms with Gasteiger partial charge in [0.1, 0.15) is 5.82 Å². The van der Waals surface area contributed by atoms with Crippen molar-refractivity contribution in [1.82, 2.24) is 20.1 Å². The molecule has 0 saturated carbocycles. The average molecular weight is 420 g/mol. The van der Waals surface area contributed by atoms with Gasteiger partial charge in [0, 0.05) is 25.4 Å². The van der Waals surface area contributed by atoms with Crippen LogP contribution in [-0.2, 0) is 6.54 Å². The van der Waals surface area contributed by atoms with Crippen molar-refractivity contribution in [2.75, 3.05) is 18.0 Å². The van der Waals surface area contributed by atoms with Gasteiger partial charge in [0.15, 0.2) is 5.82 Å². The van der Waals surface area contributed by atoms with Crippen LogP contribution in [0.25, 0.3) is 16.9 Å². The molecule has 1 amide bonds. The van der Waals surface area contributed by atoms with Gasteiger partial charge in [0.25, 0.3) is 5.91 Å². The van der Waals surface area contributed by atoms with Gasteiger partial charge in [-0.05, 0) is 18.2 Å². The number of aliphatic hydroxyl groups excluding tert-OH is 2. The zero-order chi connectivity index (χ0) is 21.7. The molecule has 1 aromatic carbocycles. The van der Waals surface area contributed by atoms with E-state index in [0.29, 0.717) is 22.8 Å². The number of amides is 1. The summed E-state index contributed by atoms with van der Waals surface area (Å²) in [5.41, 5.74) is 1.59. The Kier molecular flexibility index (Phi) is 4.43. The van der Waals surface area contributed by atoms with Gasteiger partial charge in [0.05, 0.1) is 58.6 Å². The molecule has 0 spiro atoms. The third-order valence-electron chi connectivity index (χ3n) is 5.51. The fraction of sp³-hybridized carbons (Fsp3) is 0.238. The van der Waals surface area contributed by atoms with Crippen LogP contribution in [0.1, 0.15) is 21.6 Å². The molecule has 31 heavy (non-hydrogen) atoms. The molecule has 10 heteroatoms. The number of carbonyl (C=O) groups is 1. The van der Waals surface area contributed by atoms with Crippen LogP contribution >= 0.6 is 0 Å². The summed E-state index contributed by atoms with van der Waals surface area (Å²) in [6.07, 6.45) is -0.0828. The van der Waals surface area contributed by atoms with Crippen LogP contribution in [0.4, 0.5) is 10.2 Å². The second-order valence-electron chi connectivity index (χ2n) is 7.46. The molecule has 2 aromatic heterocycles. The van der Waals surface area contributed by atoms with Crippen molar-refractivity contribution in [3.8, 4) is 23.0 Å². The first kappa shape index (κ1) is 19.2. The number of halogens is 1. The molecule has 3 N–H and O–H groups in total. The van der Waals surface area contributed by atoms with Crippen molar-refractivity contribution < 1.29 is 19.4 Å². The summed E-state index contributed by atoms with van der Waals surface area (Å²) in [5.74, 6) is -0.386. The minimum Gasteiger partial charge on any atom is -0.389 e. The van der Waals surface area contributed by atoms with Crippen molar-refractivity contribution in [3.63, 3.8) is 0 Å². The summed E-state index contributed by atoms with van der Waals surface area (Å²) in [5, 5.41) is 36.2. The van der Waals surface area contributed by atoms with Gasteiger partial charge in [0.2, 0.25) is 0 Å². The third kappa shape index (κ3) is 3.11. The molecule has 5 rings (SSSR count). The molecule has 2 aliphatic heterocycles. The summed E-state index contributed by atoms with van der Waals surface area (Å²) < 4.78 is 16.1. The van der Waals surface area contributed by atoms with Crippen molar-refractivity contribution in [1.29, 1.82) is 5.26 Å². The number of anilines is 1. The van der Waals surface area contributed by atoms with E-state index in [2.05, 4.69) is 15.4 Å². The zero-order valence-corrected chi connectivity index (χ0v) is 16.2. The van der Waals surface area contributed by atoms with E-state index >= 15 is 0 Å². The Morgan fingerprint density at radius 3 is 2.71 bits per heavy atom. The number of aliphatic hydroxyl groups is 2. The van der Waals surface area contributed by atoms with E-state index < -0.39 is 18.0 Å². The molecule has 2 atom stereocenters. The van der Waals surface area contributed by atoms with Gasteiger partial charge in [-0.2, -0.15) is 10.4 Å². The molecule has 2 aliphatic rings. The first-order valence-electron chi connectivity index (χ1n) is 9.64. The molecule has 0 aliphatic carbocycles. The summed E-state index contributed by atoms with van der Waals surface area (Å²) in [4.78, 5) is 18.6. The lowest BCUT2D eigenvalue weighted by Gasteiger charge is -2.14. The van der Waals surface area contributed by atoms with E-state index in [9.17, 15) is 24.7 Å². The van der Waals surface area contributed by atoms with E-state index in [1.165, 1.54) is 28.9 Å². The van der Waals surface area contributed by atoms with Crippen molar-refractivity contribution in [2.45, 2.75) is 18.8 Å². The standard InChI is InChI=1S/C21H17FN6O3/c22-12-3-1-2-11(7-23)19(12)13-6-15(20-14(25-13)8-24-21(20)31)28-5-4-18(26-28)27-9-16(29)17(30)10-27/h1-6,16-17,29-30H,8-10H2,(H,24,31)/t16-,17+. The topological polar surface area (TPSA) is 127 Å². The third-order valence-corrected chi connectivity index (χ3v) is 5.51. The predicted molar refractivity (Wildman–Crippen MR) is 107 cm³/mol. The molecule has 1 saturated heterocycles. The smallest absolute Gasteiger partial charge is 0.255 e. The second kappa shape index (κ2) is 7.16. The van der Waals surface area contributed by atoms with E-state index in [0.717, 1.165) is 0 Å². The Morgan fingerprint density at radius 2 is 1.97 bits per heavy atom. The number of aromatic nitrogens is 3. The van der Waals surface area contributed by atoms with Gasteiger partial charge in [-0.1, -0.05) is 6.07 Å². The number of benzene rings is 1. The molecular weight excluding hydrogens is 403 g/mol. The van der Waals surface area contributed by atoms with Crippen LogP contribution in [0, 0.1) is 17.1 Å². The summed E-state index contributed by atoms with van der Waals surface area (Å²) in [7, 11) is 0. The van der Waals surface area contributed by atoms with Crippen LogP contribution in [0.15, 0.2) is 36.5 Å². The van der Waals surface area contributed by atoms with Crippen molar-refractivity contribution in [2.24, 2.45) is 0 Å². The van der Waals surface area contributed by atoms with Crippen LogP contribution in [0.5, 0.6) is 0 Å². The maximum Gasteiger partial charge on any atom is 0.255 e. The molecule has 156 valence electrons. The van der Waals surface area contributed by atoms with E-state index in [-0.39, 0.29) is 42.4 Å². The normalized spacial score (nSPS) is 19.9. The molecule has 0 bridgehead atoms. The number of nitrogens with one attached hydrogen (secondary N) is 1. The van der Waals surface area contributed by atoms with Gasteiger partial charge in [-0.3, -0.25) is 4.79 Å². The molecule has 1 fully saturated rings. The lowest BCUT2D eigenvalue weighted by atomic mass is 10.0. The second-order valence-corrected chi connectivity index (χ2v) is 7.46. The maximum atomic E-state index is 14.6. The summed E-state index contributed by atoms with van der Waals surface area (Å²) >= 11 is 0. The fourth-order valence-corrected chi connectivity index (χ4v) is 3.97. The number of hydrogen-bond donors (Lipinski definition) is 3. The van der Waals surface area contributed by atoms with Crippen LogP contribution in [0.3, 0.4) is 0 Å². The lowest BCUT2D eigenvalue weighted by Crippen LogP contribution is -2.22. The number of pyridine rings is 1. The predicted octanol–water partition coefficient (Wildman–Crippen LogP) is 0.730. The molecule has 0 radical (unpaired) electrons. The zero-order valence-electron chi connectivity index (χ0n) is 16.2. The van der Waals surface area contributed by atoms with E-state index in [1.807, 2.05) is 6.07 Å². The van der Waals surface area contributed by atoms with Gasteiger partial charge < -0.3 is 20.4 Å². The number of nitriles is 1. The Morgan fingerprint density at radius 1 is 1.19 bits per heavy atom. The van der Waals surface area contributed by atoms with Gasteiger partial charge in [-0.25, -0.2) is 14.1 Å². The molecule has 9 nitrogen and oxygen atoms in total. The van der Waals surface area contributed by atoms with Crippen LogP contribution < -0.4 is 10.2 Å². The van der Waals surface area contributed by atoms with Gasteiger partial charge >= 0.3 is 0 Å². The fourth-order valence-electron chi connectivity index (χ4n) is 3.97. The highest BCUT2D eigenvalue weighted by Gasteiger charge is 2.32. The summed E-state index contributed by atoms with van der Waals surface area (Å²) in [6, 6.07) is 9.43. The number of fused-ring (bicyclic) bond motifs is 1. The quantitative estimate of drug-likeness (QED) is 0.570. The SMILES string of the molecule is N#Cc1cccc(F)c1-c1cc(-n2ccc(N3C[C@@H](O)[C@@H](O)C3)n2)c2c(n1)CNC2=O. The monoisotopic (exact) mass is 420 g/mol. The molecular formula is C21H17FN6O3. The molecule has 4 heterocycles. The minimum absolute atomic E-state index is 0.0616. The largest absolute Gasteiger partial charge is 0.389 e. The molecule has 3 aromatic rings. The Balaban J connectivity index is 1.64. The Labute approximate surface area is 176 Å². The average Bonchev–Trinajstić information content (AvgIpc) is 3.47. The van der Waals surface area contributed by atoms with Crippen molar-refractivity contribution >= 4 is 11.7 Å². The minimum atomic E-state index is -0.863.